The quantitative estimate of drug-likeness (QED) is 0.325. The number of para-hydroxylation sites is 1. The van der Waals surface area contributed by atoms with Crippen LogP contribution in [-0.4, -0.2) is 39.0 Å². The third-order valence-electron chi connectivity index (χ3n) is 5.82. The number of imidazole rings is 1. The molecule has 186 valence electrons. The van der Waals surface area contributed by atoms with E-state index in [4.69, 9.17) is 4.74 Å². The zero-order chi connectivity index (χ0) is 25.3. The van der Waals surface area contributed by atoms with Crippen LogP contribution in [0.2, 0.25) is 0 Å². The van der Waals surface area contributed by atoms with Crippen molar-refractivity contribution in [1.29, 1.82) is 0 Å². The van der Waals surface area contributed by atoms with E-state index < -0.39 is 12.6 Å². The maximum Gasteiger partial charge on any atom is 0.390 e. The minimum atomic E-state index is -4.30. The summed E-state index contributed by atoms with van der Waals surface area (Å²) in [7, 11) is 0. The predicted molar refractivity (Wildman–Crippen MR) is 129 cm³/mol. The fourth-order valence-electron chi connectivity index (χ4n) is 3.85. The maximum absolute atomic E-state index is 12.7. The number of aromatic nitrogens is 3. The Balaban J connectivity index is 1.50. The van der Waals surface area contributed by atoms with E-state index in [9.17, 15) is 18.0 Å². The molecule has 0 aliphatic heterocycles. The topological polar surface area (TPSA) is 80.6 Å². The van der Waals surface area contributed by atoms with Crippen LogP contribution in [-0.2, 0) is 0 Å². The lowest BCUT2D eigenvalue weighted by molar-refractivity contribution is -0.131. The standard InChI is InChI=1S/C26H24F3N5O2/c1-16-13-17(7-10-20(16)25(35)32-18-8-9-18)21-14-31-24-23(30-12-11-26(27,28)29)33-22(15-34(21)24)36-19-5-3-2-4-6-19/h2-7,10,13-15,18H,8-9,11-12H2,1H3,(H,30,33)(H,32,35). The molecule has 1 aliphatic carbocycles. The first-order valence-electron chi connectivity index (χ1n) is 11.6. The van der Waals surface area contributed by atoms with Gasteiger partial charge >= 0.3 is 6.18 Å². The Morgan fingerprint density at radius 3 is 2.64 bits per heavy atom. The number of hydrogen-bond donors (Lipinski definition) is 2. The van der Waals surface area contributed by atoms with Crippen molar-refractivity contribution in [3.8, 4) is 22.9 Å². The Morgan fingerprint density at radius 1 is 1.17 bits per heavy atom. The van der Waals surface area contributed by atoms with E-state index in [0.717, 1.165) is 24.0 Å². The summed E-state index contributed by atoms with van der Waals surface area (Å²) in [5.41, 5.74) is 3.24. The van der Waals surface area contributed by atoms with E-state index in [2.05, 4.69) is 20.6 Å². The highest BCUT2D eigenvalue weighted by atomic mass is 19.4. The number of aryl methyl sites for hydroxylation is 1. The molecule has 10 heteroatoms. The van der Waals surface area contributed by atoms with Gasteiger partial charge in [-0.3, -0.25) is 9.20 Å². The maximum atomic E-state index is 12.7. The first kappa shape index (κ1) is 23.7. The van der Waals surface area contributed by atoms with Gasteiger partial charge in [0.25, 0.3) is 5.91 Å². The Hall–Kier alpha value is -4.08. The number of nitrogens with zero attached hydrogens (tertiary/aromatic N) is 3. The number of amides is 1. The van der Waals surface area contributed by atoms with Crippen LogP contribution in [0.3, 0.4) is 0 Å². The molecule has 4 aromatic rings. The Morgan fingerprint density at radius 2 is 1.94 bits per heavy atom. The van der Waals surface area contributed by atoms with Gasteiger partial charge in [0.1, 0.15) is 5.75 Å². The fraction of sp³-hybridized carbons (Fsp3) is 0.269. The molecule has 2 N–H and O–H groups in total. The summed E-state index contributed by atoms with van der Waals surface area (Å²) in [6.45, 7) is 1.51. The molecule has 36 heavy (non-hydrogen) atoms. The van der Waals surface area contributed by atoms with Crippen molar-refractivity contribution in [2.24, 2.45) is 0 Å². The summed E-state index contributed by atoms with van der Waals surface area (Å²) in [4.78, 5) is 21.3. The summed E-state index contributed by atoms with van der Waals surface area (Å²) < 4.78 is 45.8. The highest BCUT2D eigenvalue weighted by Gasteiger charge is 2.27. The number of fused-ring (bicyclic) bond motifs is 1. The van der Waals surface area contributed by atoms with Crippen LogP contribution in [0, 0.1) is 6.92 Å². The second-order valence-corrected chi connectivity index (χ2v) is 8.75. The molecule has 5 rings (SSSR count). The summed E-state index contributed by atoms with van der Waals surface area (Å²) in [5, 5.41) is 5.74. The predicted octanol–water partition coefficient (Wildman–Crippen LogP) is 5.75. The molecular formula is C26H24F3N5O2. The molecule has 2 aromatic heterocycles. The van der Waals surface area contributed by atoms with E-state index in [1.165, 1.54) is 0 Å². The molecular weight excluding hydrogens is 471 g/mol. The molecule has 0 atom stereocenters. The Bertz CT molecular complexity index is 1400. The Labute approximate surface area is 205 Å². The number of nitrogens with one attached hydrogen (secondary N) is 2. The van der Waals surface area contributed by atoms with Crippen molar-refractivity contribution < 1.29 is 22.7 Å². The number of rotatable bonds is 8. The number of halogens is 3. The van der Waals surface area contributed by atoms with Gasteiger partial charge in [-0.1, -0.05) is 24.3 Å². The summed E-state index contributed by atoms with van der Waals surface area (Å²) in [5.74, 6) is 0.809. The number of carbonyl (C=O) groups is 1. The molecule has 1 aliphatic rings. The van der Waals surface area contributed by atoms with Crippen LogP contribution < -0.4 is 15.4 Å². The van der Waals surface area contributed by atoms with Crippen molar-refractivity contribution in [1.82, 2.24) is 19.7 Å². The first-order valence-corrected chi connectivity index (χ1v) is 11.6. The van der Waals surface area contributed by atoms with Gasteiger partial charge in [-0.05, 0) is 49.6 Å². The summed E-state index contributed by atoms with van der Waals surface area (Å²) >= 11 is 0. The molecule has 2 aromatic carbocycles. The molecule has 2 heterocycles. The van der Waals surface area contributed by atoms with Gasteiger partial charge in [0, 0.05) is 23.7 Å². The van der Waals surface area contributed by atoms with Crippen LogP contribution >= 0.6 is 0 Å². The summed E-state index contributed by atoms with van der Waals surface area (Å²) in [6.07, 6.45) is -0.0364. The molecule has 1 amide bonds. The molecule has 1 fully saturated rings. The average Bonchev–Trinajstić information content (AvgIpc) is 3.54. The van der Waals surface area contributed by atoms with Crippen LogP contribution in [0.1, 0.15) is 35.2 Å². The molecule has 0 unspecified atom stereocenters. The minimum Gasteiger partial charge on any atom is -0.437 e. The van der Waals surface area contributed by atoms with Crippen molar-refractivity contribution in [2.75, 3.05) is 11.9 Å². The van der Waals surface area contributed by atoms with Gasteiger partial charge in [0.05, 0.1) is 24.5 Å². The average molecular weight is 496 g/mol. The van der Waals surface area contributed by atoms with E-state index >= 15 is 0 Å². The second-order valence-electron chi connectivity index (χ2n) is 8.75. The molecule has 0 spiro atoms. The molecule has 0 saturated heterocycles. The number of ether oxygens (including phenoxy) is 1. The smallest absolute Gasteiger partial charge is 0.390 e. The lowest BCUT2D eigenvalue weighted by Crippen LogP contribution is -2.26. The third-order valence-corrected chi connectivity index (χ3v) is 5.82. The third kappa shape index (κ3) is 5.42. The lowest BCUT2D eigenvalue weighted by atomic mass is 10.0. The molecule has 0 bridgehead atoms. The van der Waals surface area contributed by atoms with Gasteiger partial charge in [-0.15, -0.1) is 0 Å². The van der Waals surface area contributed by atoms with Gasteiger partial charge in [-0.2, -0.15) is 18.2 Å². The van der Waals surface area contributed by atoms with Crippen molar-refractivity contribution in [2.45, 2.75) is 38.4 Å². The van der Waals surface area contributed by atoms with E-state index in [1.54, 1.807) is 35.0 Å². The largest absolute Gasteiger partial charge is 0.437 e. The number of alkyl halides is 3. The SMILES string of the molecule is Cc1cc(-c2cnc3c(NCCC(F)(F)F)nc(Oc4ccccc4)cn23)ccc1C(=O)NC1CC1. The van der Waals surface area contributed by atoms with Gasteiger partial charge < -0.3 is 15.4 Å². The number of carbonyl (C=O) groups excluding carboxylic acids is 1. The van der Waals surface area contributed by atoms with Crippen LogP contribution in [0.15, 0.2) is 60.9 Å². The zero-order valence-corrected chi connectivity index (χ0v) is 19.5. The van der Waals surface area contributed by atoms with Crippen LogP contribution in [0.4, 0.5) is 19.0 Å². The van der Waals surface area contributed by atoms with Crippen LogP contribution in [0.5, 0.6) is 11.6 Å². The fourth-order valence-corrected chi connectivity index (χ4v) is 3.85. The monoisotopic (exact) mass is 495 g/mol. The zero-order valence-electron chi connectivity index (χ0n) is 19.5. The number of hydrogen-bond acceptors (Lipinski definition) is 5. The number of anilines is 1. The van der Waals surface area contributed by atoms with E-state index in [-0.39, 0.29) is 30.2 Å². The second kappa shape index (κ2) is 9.52. The normalized spacial score (nSPS) is 13.6. The van der Waals surface area contributed by atoms with Crippen molar-refractivity contribution in [3.63, 3.8) is 0 Å². The van der Waals surface area contributed by atoms with Crippen LogP contribution in [0.25, 0.3) is 16.9 Å². The lowest BCUT2D eigenvalue weighted by Gasteiger charge is -2.13. The molecule has 0 radical (unpaired) electrons. The first-order chi connectivity index (χ1) is 17.3. The minimum absolute atomic E-state index is 0.0985. The van der Waals surface area contributed by atoms with E-state index in [0.29, 0.717) is 22.7 Å². The van der Waals surface area contributed by atoms with E-state index in [1.807, 2.05) is 37.3 Å². The molecule has 7 nitrogen and oxygen atoms in total. The highest BCUT2D eigenvalue weighted by molar-refractivity contribution is 5.96. The molecule has 1 saturated carbocycles. The van der Waals surface area contributed by atoms with Crippen molar-refractivity contribution >= 4 is 17.4 Å². The Kier molecular flexibility index (Phi) is 6.26. The highest BCUT2D eigenvalue weighted by Crippen LogP contribution is 2.30. The number of benzene rings is 2. The van der Waals surface area contributed by atoms with Gasteiger partial charge in [0.15, 0.2) is 11.5 Å². The van der Waals surface area contributed by atoms with Crippen molar-refractivity contribution in [3.05, 3.63) is 72.1 Å². The van der Waals surface area contributed by atoms with Gasteiger partial charge in [0.2, 0.25) is 5.88 Å². The summed E-state index contributed by atoms with van der Waals surface area (Å²) in [6, 6.07) is 14.7. The van der Waals surface area contributed by atoms with Gasteiger partial charge in [-0.25, -0.2) is 4.98 Å².